The number of rotatable bonds is 4. The van der Waals surface area contributed by atoms with Crippen LogP contribution in [0.4, 0.5) is 11.4 Å². The molecule has 184 valence electrons. The zero-order chi connectivity index (χ0) is 24.5. The Morgan fingerprint density at radius 1 is 0.909 bits per heavy atom. The molecular formula is C20H31ClN6O6. The minimum absolute atomic E-state index is 0.0451. The fourth-order valence-corrected chi connectivity index (χ4v) is 2.69. The maximum absolute atomic E-state index is 8.59. The topological polar surface area (TPSA) is 170 Å². The van der Waals surface area contributed by atoms with E-state index in [0.29, 0.717) is 37.2 Å². The van der Waals surface area contributed by atoms with E-state index in [1.165, 1.54) is 24.8 Å². The van der Waals surface area contributed by atoms with Gasteiger partial charge in [0.05, 0.1) is 56.0 Å². The maximum Gasteiger partial charge on any atom is 0.316 e. The van der Waals surface area contributed by atoms with Crippen LogP contribution in [0.2, 0.25) is 5.28 Å². The molecule has 0 unspecified atom stereocenters. The van der Waals surface area contributed by atoms with Gasteiger partial charge in [-0.2, -0.15) is 0 Å². The van der Waals surface area contributed by atoms with Crippen LogP contribution in [0.3, 0.4) is 0 Å². The Morgan fingerprint density at radius 2 is 1.36 bits per heavy atom. The third-order valence-electron chi connectivity index (χ3n) is 4.02. The van der Waals surface area contributed by atoms with Crippen molar-refractivity contribution in [2.75, 3.05) is 37.9 Å². The molecule has 2 aliphatic rings. The van der Waals surface area contributed by atoms with E-state index in [4.69, 9.17) is 51.9 Å². The molecule has 4 heterocycles. The van der Waals surface area contributed by atoms with Gasteiger partial charge in [-0.1, -0.05) is 0 Å². The van der Waals surface area contributed by atoms with Crippen LogP contribution >= 0.6 is 11.6 Å². The number of nitrogen functional groups attached to an aromatic ring is 2. The third kappa shape index (κ3) is 10.4. The summed E-state index contributed by atoms with van der Waals surface area (Å²) >= 11 is 5.33. The number of aromatic nitrogens is 4. The second-order valence-electron chi connectivity index (χ2n) is 7.98. The van der Waals surface area contributed by atoms with E-state index >= 15 is 0 Å². The molecule has 33 heavy (non-hydrogen) atoms. The molecule has 2 aliphatic heterocycles. The van der Waals surface area contributed by atoms with Crippen LogP contribution in [-0.2, 0) is 18.9 Å². The van der Waals surface area contributed by atoms with Crippen LogP contribution in [0.15, 0.2) is 24.8 Å². The van der Waals surface area contributed by atoms with Gasteiger partial charge in [-0.05, 0) is 39.3 Å². The van der Waals surface area contributed by atoms with Crippen molar-refractivity contribution >= 4 is 23.0 Å². The van der Waals surface area contributed by atoms with Crippen molar-refractivity contribution in [1.29, 1.82) is 0 Å². The van der Waals surface area contributed by atoms with Crippen LogP contribution in [-0.4, -0.2) is 75.3 Å². The summed E-state index contributed by atoms with van der Waals surface area (Å²) in [5.74, 6) is -1.02. The number of hydrogen-bond acceptors (Lipinski definition) is 12. The van der Waals surface area contributed by atoms with Gasteiger partial charge in [-0.3, -0.25) is 0 Å². The number of anilines is 2. The molecule has 2 aromatic heterocycles. The Morgan fingerprint density at radius 3 is 1.73 bits per heavy atom. The fraction of sp³-hybridized carbons (Fsp3) is 0.600. The molecule has 0 spiro atoms. The van der Waals surface area contributed by atoms with E-state index in [9.17, 15) is 0 Å². The van der Waals surface area contributed by atoms with Gasteiger partial charge >= 0.3 is 6.01 Å². The highest BCUT2D eigenvalue weighted by Gasteiger charge is 2.33. The molecule has 0 amide bonds. The molecule has 13 heteroatoms. The van der Waals surface area contributed by atoms with Gasteiger partial charge in [-0.15, -0.1) is 0 Å². The lowest BCUT2D eigenvalue weighted by molar-refractivity contribution is -0.142. The number of aliphatic hydroxyl groups is 1. The van der Waals surface area contributed by atoms with Gasteiger partial charge < -0.3 is 40.3 Å². The minimum atomic E-state index is -0.532. The molecule has 0 radical (unpaired) electrons. The van der Waals surface area contributed by atoms with Crippen molar-refractivity contribution < 1.29 is 28.8 Å². The monoisotopic (exact) mass is 486 g/mol. The first-order valence-corrected chi connectivity index (χ1v) is 10.5. The predicted molar refractivity (Wildman–Crippen MR) is 120 cm³/mol. The van der Waals surface area contributed by atoms with Gasteiger partial charge in [0, 0.05) is 0 Å². The van der Waals surface area contributed by atoms with Crippen molar-refractivity contribution in [3.05, 3.63) is 30.1 Å². The Labute approximate surface area is 197 Å². The lowest BCUT2D eigenvalue weighted by atomic mass is 10.4. The molecule has 5 N–H and O–H groups in total. The Hall–Kier alpha value is -2.35. The van der Waals surface area contributed by atoms with E-state index in [-0.39, 0.29) is 24.1 Å². The second kappa shape index (κ2) is 12.2. The first-order chi connectivity index (χ1) is 15.5. The van der Waals surface area contributed by atoms with Crippen LogP contribution in [0, 0.1) is 0 Å². The summed E-state index contributed by atoms with van der Waals surface area (Å²) in [5, 5.41) is 8.81. The first-order valence-electron chi connectivity index (χ1n) is 10.2. The van der Waals surface area contributed by atoms with E-state index in [2.05, 4.69) is 19.9 Å². The lowest BCUT2D eigenvalue weighted by Gasteiger charge is -2.16. The van der Waals surface area contributed by atoms with Crippen LogP contribution in [0.5, 0.6) is 6.01 Å². The van der Waals surface area contributed by atoms with E-state index in [1.54, 1.807) is 0 Å². The molecule has 2 fully saturated rings. The largest absolute Gasteiger partial charge is 0.461 e. The summed E-state index contributed by atoms with van der Waals surface area (Å²) in [6, 6.07) is 0.294. The van der Waals surface area contributed by atoms with Crippen LogP contribution < -0.4 is 16.2 Å². The highest BCUT2D eigenvalue weighted by Crippen LogP contribution is 2.22. The Bertz CT molecular complexity index is 819. The van der Waals surface area contributed by atoms with E-state index < -0.39 is 11.6 Å². The van der Waals surface area contributed by atoms with Crippen molar-refractivity contribution in [1.82, 2.24) is 19.9 Å². The molecule has 0 aromatic carbocycles. The number of aliphatic hydroxyl groups excluding tert-OH is 1. The molecule has 0 saturated carbocycles. The summed E-state index contributed by atoms with van der Waals surface area (Å²) in [6.45, 7) is 8.84. The van der Waals surface area contributed by atoms with Crippen molar-refractivity contribution in [2.45, 2.75) is 51.5 Å². The number of nitrogens with zero attached hydrogens (tertiary/aromatic N) is 4. The zero-order valence-corrected chi connectivity index (χ0v) is 19.9. The summed E-state index contributed by atoms with van der Waals surface area (Å²) in [7, 11) is 0. The van der Waals surface area contributed by atoms with Gasteiger partial charge in [0.15, 0.2) is 11.6 Å². The zero-order valence-electron chi connectivity index (χ0n) is 19.1. The van der Waals surface area contributed by atoms with Crippen molar-refractivity contribution in [2.24, 2.45) is 0 Å². The van der Waals surface area contributed by atoms with Crippen molar-refractivity contribution in [3.63, 3.8) is 0 Å². The second-order valence-corrected chi connectivity index (χ2v) is 8.32. The summed E-state index contributed by atoms with van der Waals surface area (Å²) < 4.78 is 26.7. The summed E-state index contributed by atoms with van der Waals surface area (Å²) in [6.07, 6.45) is 5.69. The molecule has 12 nitrogen and oxygen atoms in total. The number of nitrogens with two attached hydrogens (primary N) is 2. The normalized spacial score (nSPS) is 22.5. The van der Waals surface area contributed by atoms with Crippen LogP contribution in [0.1, 0.15) is 27.7 Å². The summed E-state index contributed by atoms with van der Waals surface area (Å²) in [5.41, 5.74) is 11.7. The minimum Gasteiger partial charge on any atom is -0.461 e. The standard InChI is InChI=1S/C10H15N3O3.C6H12O3.C4H4ClN3/c1-10(2)15-6-8(16-10)5-14-9-12-3-7(11)4-13-9;1-6(2)8-4-5(3-7)9-6;5-4-7-1-3(6)2-8-4/h3-4,8H,5-6,11H2,1-2H3;5,7H,3-4H2,1-2H3;1-2H,6H2/t8-;5-;/m00./s1. The average Bonchev–Trinajstić information content (AvgIpc) is 3.31. The molecule has 0 bridgehead atoms. The first kappa shape index (κ1) is 26.9. The molecule has 2 aromatic rings. The number of ether oxygens (including phenoxy) is 5. The van der Waals surface area contributed by atoms with Gasteiger partial charge in [0.1, 0.15) is 18.8 Å². The number of halogens is 1. The molecular weight excluding hydrogens is 456 g/mol. The molecule has 0 aliphatic carbocycles. The quantitative estimate of drug-likeness (QED) is 0.532. The fourth-order valence-electron chi connectivity index (χ4n) is 2.59. The highest BCUT2D eigenvalue weighted by atomic mass is 35.5. The highest BCUT2D eigenvalue weighted by molar-refractivity contribution is 6.28. The predicted octanol–water partition coefficient (Wildman–Crippen LogP) is 1.43. The maximum atomic E-state index is 8.59. The molecule has 2 saturated heterocycles. The van der Waals surface area contributed by atoms with E-state index in [1.807, 2.05) is 27.7 Å². The van der Waals surface area contributed by atoms with Gasteiger partial charge in [-0.25, -0.2) is 19.9 Å². The number of hydrogen-bond donors (Lipinski definition) is 3. The lowest BCUT2D eigenvalue weighted by Crippen LogP contribution is -2.25. The Kier molecular flexibility index (Phi) is 9.95. The summed E-state index contributed by atoms with van der Waals surface area (Å²) in [4.78, 5) is 15.1. The van der Waals surface area contributed by atoms with Gasteiger partial charge in [0.2, 0.25) is 5.28 Å². The molecule has 2 atom stereocenters. The van der Waals surface area contributed by atoms with Crippen LogP contribution in [0.25, 0.3) is 0 Å². The molecule has 4 rings (SSSR count). The SMILES string of the molecule is CC1(C)OC[C@H](CO)O1.CC1(C)OC[C@H](COc2ncc(N)cn2)O1.Nc1cnc(Cl)nc1. The van der Waals surface area contributed by atoms with Gasteiger partial charge in [0.25, 0.3) is 0 Å². The van der Waals surface area contributed by atoms with E-state index in [0.717, 1.165) is 0 Å². The van der Waals surface area contributed by atoms with Crippen molar-refractivity contribution in [3.8, 4) is 6.01 Å². The Balaban J connectivity index is 0.000000192. The smallest absolute Gasteiger partial charge is 0.316 e. The average molecular weight is 487 g/mol. The third-order valence-corrected chi connectivity index (χ3v) is 4.22.